The summed E-state index contributed by atoms with van der Waals surface area (Å²) in [6.45, 7) is 18.1. The number of hydrogen-bond acceptors (Lipinski definition) is 27. The topological polar surface area (TPSA) is 438 Å². The molecule has 0 bridgehead atoms. The molecule has 87 heavy (non-hydrogen) atoms. The average molecular weight is 1270 g/mol. The molecule has 26 atom stereocenters. The van der Waals surface area contributed by atoms with Gasteiger partial charge >= 0.3 is 32.3 Å². The molecular formula is C54H84N5O27P. The number of carbonyl (C=O) groups is 9. The number of nitrogens with two attached hydrogens (primary N) is 2. The van der Waals surface area contributed by atoms with Gasteiger partial charge in [0.05, 0.1) is 43.1 Å². The fraction of sp³-hybridized carbons (Fsp3) is 0.796. The number of Topliss-reactive ketones (excluding diaryl/α,β-unsaturated/α-hetero) is 1. The maximum absolute atomic E-state index is 13.9. The standard InChI is InChI=1S/C54H84N5O27P/c1-19-20(2)41(76-29(11)63)50(78-33(19)17-73-28(10)62)74-18-34-39(24(6)36(58-27(9)61)49(79-34)83-43-44(85-53(56)69)54(13,70)45(46(55)67)84-52(43)86-87(71)72-14)81-48-35(57-26(8)60)23(5)38(25(7)75-48)80-51-42(77-30(12)64)22(4)21(3)40(82-51)47(68)59-37-31(65)15-16-32(37)66/h19-25,33-36,38-45,48-52,65,70,87H,15-18H2,1-14H3,(H2,55,67)(H2,56,69)(H,57,60)(H,58,61)(H,59,68)/t19-,20-,21+,22-,23+,24+,25?,33?,34?,35?,36?,38-,39-,40?,41?,42?,43?,44+,45?,48-,49-,50+,51+,52+,54-/m0/s1. The van der Waals surface area contributed by atoms with E-state index < -0.39 is 214 Å². The van der Waals surface area contributed by atoms with Crippen molar-refractivity contribution < 1.29 is 129 Å². The number of nitrogens with one attached hydrogen (secondary N) is 3. The number of primary amides is 2. The van der Waals surface area contributed by atoms with Crippen molar-refractivity contribution in [2.75, 3.05) is 20.3 Å². The number of aliphatic hydroxyl groups excluding tert-OH is 1. The molecule has 0 radical (unpaired) electrons. The van der Waals surface area contributed by atoms with Crippen molar-refractivity contribution in [3.63, 3.8) is 0 Å². The molecule has 5 aliphatic heterocycles. The van der Waals surface area contributed by atoms with E-state index in [9.17, 15) is 57.9 Å². The Morgan fingerprint density at radius 3 is 1.69 bits per heavy atom. The Bertz CT molecular complexity index is 2590. The van der Waals surface area contributed by atoms with Crippen molar-refractivity contribution in [3.8, 4) is 0 Å². The molecule has 11 unspecified atom stereocenters. The molecular weight excluding hydrogens is 1180 g/mol. The molecule has 0 aromatic rings. The third-order valence-corrected chi connectivity index (χ3v) is 17.5. The largest absolute Gasteiger partial charge is 0.510 e. The van der Waals surface area contributed by atoms with E-state index in [1.54, 1.807) is 48.5 Å². The van der Waals surface area contributed by atoms with E-state index >= 15 is 0 Å². The van der Waals surface area contributed by atoms with Gasteiger partial charge in [-0.1, -0.05) is 41.5 Å². The molecule has 6 rings (SSSR count). The zero-order chi connectivity index (χ0) is 64.8. The van der Waals surface area contributed by atoms with Gasteiger partial charge in [-0.2, -0.15) is 0 Å². The highest BCUT2D eigenvalue weighted by Gasteiger charge is 2.61. The number of esters is 3. The molecule has 6 aliphatic rings. The van der Waals surface area contributed by atoms with Crippen LogP contribution in [-0.4, -0.2) is 200 Å². The normalized spacial score (nSPS) is 40.0. The van der Waals surface area contributed by atoms with Gasteiger partial charge in [-0.05, 0) is 25.7 Å². The molecule has 9 N–H and O–H groups in total. The van der Waals surface area contributed by atoms with Crippen LogP contribution in [0.5, 0.6) is 0 Å². The number of rotatable bonds is 22. The second-order valence-corrected chi connectivity index (χ2v) is 24.2. The molecule has 32 nitrogen and oxygen atoms in total. The Hall–Kier alpha value is -5.48. The number of hydrogen-bond donors (Lipinski definition) is 7. The van der Waals surface area contributed by atoms with Crippen LogP contribution >= 0.6 is 8.25 Å². The lowest BCUT2D eigenvalue weighted by molar-refractivity contribution is -0.367. The second-order valence-electron chi connectivity index (χ2n) is 23.1. The zero-order valence-electron chi connectivity index (χ0n) is 50.9. The first-order chi connectivity index (χ1) is 40.7. The number of ketones is 1. The van der Waals surface area contributed by atoms with Crippen molar-refractivity contribution in [1.82, 2.24) is 16.0 Å². The molecule has 492 valence electrons. The van der Waals surface area contributed by atoms with Crippen molar-refractivity contribution in [2.45, 2.75) is 219 Å². The minimum Gasteiger partial charge on any atom is -0.510 e. The second kappa shape index (κ2) is 29.9. The van der Waals surface area contributed by atoms with Gasteiger partial charge in [-0.3, -0.25) is 47.4 Å². The first-order valence-electron chi connectivity index (χ1n) is 28.5. The predicted molar refractivity (Wildman–Crippen MR) is 291 cm³/mol. The zero-order valence-corrected chi connectivity index (χ0v) is 51.9. The van der Waals surface area contributed by atoms with Crippen LogP contribution in [0.25, 0.3) is 0 Å². The van der Waals surface area contributed by atoms with E-state index in [0.717, 1.165) is 21.0 Å². The Morgan fingerprint density at radius 2 is 1.16 bits per heavy atom. The van der Waals surface area contributed by atoms with E-state index in [0.29, 0.717) is 0 Å². The highest BCUT2D eigenvalue weighted by molar-refractivity contribution is 7.33. The number of carbonyl (C=O) groups excluding carboxylic acids is 9. The molecule has 0 saturated carbocycles. The van der Waals surface area contributed by atoms with Crippen LogP contribution in [0.1, 0.15) is 103 Å². The number of ether oxygens (including phenoxy) is 13. The quantitative estimate of drug-likeness (QED) is 0.0428. The maximum Gasteiger partial charge on any atom is 0.404 e. The predicted octanol–water partition coefficient (Wildman–Crippen LogP) is 0.0571. The van der Waals surface area contributed by atoms with Crippen molar-refractivity contribution in [1.29, 1.82) is 0 Å². The first kappa shape index (κ1) is 70.6. The molecule has 5 saturated heterocycles. The van der Waals surface area contributed by atoms with Crippen molar-refractivity contribution >= 4 is 61.7 Å². The average Bonchev–Trinajstić information content (AvgIpc) is 1.27. The Balaban J connectivity index is 1.40. The van der Waals surface area contributed by atoms with Gasteiger partial charge in [0.15, 0.2) is 67.8 Å². The van der Waals surface area contributed by atoms with E-state index in [4.69, 9.17) is 82.1 Å². The Kier molecular flexibility index (Phi) is 24.3. The minimum absolute atomic E-state index is 0.00870. The number of aliphatic hydroxyl groups is 2. The Labute approximate surface area is 502 Å². The van der Waals surface area contributed by atoms with Gasteiger partial charge in [-0.15, -0.1) is 0 Å². The molecule has 5 heterocycles. The monoisotopic (exact) mass is 1270 g/mol. The van der Waals surface area contributed by atoms with E-state index in [1.807, 2.05) is 0 Å². The summed E-state index contributed by atoms with van der Waals surface area (Å²) in [5, 5.41) is 30.4. The third kappa shape index (κ3) is 16.9. The summed E-state index contributed by atoms with van der Waals surface area (Å²) in [6, 6.07) is -2.50. The maximum atomic E-state index is 13.9. The summed E-state index contributed by atoms with van der Waals surface area (Å²) in [4.78, 5) is 116. The van der Waals surface area contributed by atoms with Crippen LogP contribution in [0, 0.1) is 35.5 Å². The number of amides is 5. The summed E-state index contributed by atoms with van der Waals surface area (Å²) in [6.07, 6.45) is -24.8. The van der Waals surface area contributed by atoms with Gasteiger partial charge in [0, 0.05) is 78.2 Å². The van der Waals surface area contributed by atoms with Crippen LogP contribution in [0.15, 0.2) is 11.5 Å². The van der Waals surface area contributed by atoms with Crippen LogP contribution in [0.4, 0.5) is 4.79 Å². The van der Waals surface area contributed by atoms with Gasteiger partial charge in [0.25, 0.3) is 5.91 Å². The van der Waals surface area contributed by atoms with Gasteiger partial charge in [-0.25, -0.2) is 4.79 Å². The van der Waals surface area contributed by atoms with Crippen molar-refractivity contribution in [3.05, 3.63) is 11.5 Å². The van der Waals surface area contributed by atoms with Crippen LogP contribution in [0.3, 0.4) is 0 Å². The fourth-order valence-corrected chi connectivity index (χ4v) is 12.3. The third-order valence-electron chi connectivity index (χ3n) is 16.7. The highest BCUT2D eigenvalue weighted by atomic mass is 31.1. The first-order valence-corrected chi connectivity index (χ1v) is 29.7. The minimum atomic E-state index is -3.53. The van der Waals surface area contributed by atoms with Gasteiger partial charge in [0.2, 0.25) is 17.7 Å². The molecule has 0 spiro atoms. The summed E-state index contributed by atoms with van der Waals surface area (Å²) >= 11 is 0. The van der Waals surface area contributed by atoms with Gasteiger partial charge < -0.3 is 104 Å². The summed E-state index contributed by atoms with van der Waals surface area (Å²) in [7, 11) is -2.52. The van der Waals surface area contributed by atoms with Crippen LogP contribution in [0.2, 0.25) is 0 Å². The highest BCUT2D eigenvalue weighted by Crippen LogP contribution is 2.44. The van der Waals surface area contributed by atoms with Crippen LogP contribution in [-0.2, 0) is 114 Å². The summed E-state index contributed by atoms with van der Waals surface area (Å²) in [5.74, 6) is -10.0. The SMILES string of the molecule is CO[PH](=O)O[C@H]1OC(C(N)=O)[C@@](C)(O)[C@H](OC(N)=O)C1O[C@@H]1OC(CO[C@@H]2OC(COC(C)=O)[C@@H](C)[C@H](C)C2OC(C)=O)[C@@H](O[C@@H]2OC(C)[C@@H](O[C@@H]3OC(C(=O)NC4=C(O)CCC4=O)[C@H](C)[C@H](C)C3OC(C)=O)[C@H](C)C2NC(C)=O)[C@H](C)C1NC(C)=O. The molecule has 1 aliphatic carbocycles. The van der Waals surface area contributed by atoms with Crippen LogP contribution < -0.4 is 27.4 Å². The lowest BCUT2D eigenvalue weighted by Crippen LogP contribution is -2.71. The van der Waals surface area contributed by atoms with E-state index in [2.05, 4.69) is 16.0 Å². The summed E-state index contributed by atoms with van der Waals surface area (Å²) < 4.78 is 104. The van der Waals surface area contributed by atoms with E-state index in [1.165, 1.54) is 27.7 Å². The molecule has 0 aromatic heterocycles. The Morgan fingerprint density at radius 1 is 0.621 bits per heavy atom. The molecule has 5 amide bonds. The van der Waals surface area contributed by atoms with Crippen molar-refractivity contribution in [2.24, 2.45) is 47.0 Å². The lowest BCUT2D eigenvalue weighted by Gasteiger charge is -2.52. The van der Waals surface area contributed by atoms with Gasteiger partial charge in [0.1, 0.15) is 35.9 Å². The lowest BCUT2D eigenvalue weighted by atomic mass is 9.82. The summed E-state index contributed by atoms with van der Waals surface area (Å²) in [5.41, 5.74) is 8.28. The molecule has 5 fully saturated rings. The van der Waals surface area contributed by atoms with E-state index in [-0.39, 0.29) is 36.8 Å². The smallest absolute Gasteiger partial charge is 0.404 e. The fourth-order valence-electron chi connectivity index (χ4n) is 11.8. The number of allylic oxidation sites excluding steroid dienone is 2. The molecule has 0 aromatic carbocycles. The molecule has 33 heteroatoms.